The van der Waals surface area contributed by atoms with E-state index in [0.717, 1.165) is 22.8 Å². The Hall–Kier alpha value is -2.20. The Bertz CT molecular complexity index is 571. The lowest BCUT2D eigenvalue weighted by atomic mass is 10.2. The van der Waals surface area contributed by atoms with Gasteiger partial charge in [0.1, 0.15) is 5.75 Å². The van der Waals surface area contributed by atoms with Gasteiger partial charge in [-0.3, -0.25) is 4.90 Å². The van der Waals surface area contributed by atoms with Crippen molar-refractivity contribution in [1.82, 2.24) is 0 Å². The van der Waals surface area contributed by atoms with Crippen LogP contribution in [-0.2, 0) is 0 Å². The molecule has 2 N–H and O–H groups in total. The number of nitrogens with one attached hydrogen (secondary N) is 1. The fraction of sp³-hybridized carbons (Fsp3) is 0.143. The summed E-state index contributed by atoms with van der Waals surface area (Å²) in [5.41, 5.74) is 2.69. The van der Waals surface area contributed by atoms with Crippen LogP contribution < -0.4 is 15.0 Å². The lowest BCUT2D eigenvalue weighted by Crippen LogP contribution is -2.31. The number of nitrogens with zero attached hydrogens (tertiary/aromatic N) is 1. The zero-order valence-electron chi connectivity index (χ0n) is 10.00. The number of hydrogen-bond acceptors (Lipinski definition) is 4. The number of ether oxygens (including phenoxy) is 1. The quantitative estimate of drug-likeness (QED) is 0.849. The van der Waals surface area contributed by atoms with Crippen LogP contribution >= 0.6 is 0 Å². The van der Waals surface area contributed by atoms with Gasteiger partial charge in [-0.25, -0.2) is 0 Å². The molecule has 0 saturated carbocycles. The summed E-state index contributed by atoms with van der Waals surface area (Å²) in [6, 6.07) is 15.4. The largest absolute Gasteiger partial charge is 0.495 e. The van der Waals surface area contributed by atoms with Crippen molar-refractivity contribution in [3.8, 4) is 5.75 Å². The van der Waals surface area contributed by atoms with E-state index in [0.29, 0.717) is 0 Å². The van der Waals surface area contributed by atoms with Crippen molar-refractivity contribution >= 4 is 17.1 Å². The summed E-state index contributed by atoms with van der Waals surface area (Å²) in [6.07, 6.45) is -0.779. The minimum absolute atomic E-state index is 0.732. The van der Waals surface area contributed by atoms with E-state index in [1.165, 1.54) is 0 Å². The molecule has 1 unspecified atom stereocenters. The van der Waals surface area contributed by atoms with Gasteiger partial charge in [0.2, 0.25) is 6.35 Å². The summed E-state index contributed by atoms with van der Waals surface area (Å²) in [6.45, 7) is 0. The van der Waals surface area contributed by atoms with Crippen molar-refractivity contribution in [3.63, 3.8) is 0 Å². The molecule has 1 aliphatic heterocycles. The molecule has 2 aromatic rings. The van der Waals surface area contributed by atoms with Crippen LogP contribution in [0, 0.1) is 0 Å². The number of aliphatic hydroxyl groups is 1. The van der Waals surface area contributed by atoms with Gasteiger partial charge in [-0.15, -0.1) is 0 Å². The maximum atomic E-state index is 10.1. The SMILES string of the molecule is COc1ccccc1N1c2ccccc2NC1O. The van der Waals surface area contributed by atoms with E-state index in [-0.39, 0.29) is 0 Å². The highest BCUT2D eigenvalue weighted by Gasteiger charge is 2.29. The molecule has 0 saturated heterocycles. The molecule has 0 aliphatic carbocycles. The summed E-state index contributed by atoms with van der Waals surface area (Å²) in [7, 11) is 1.63. The Balaban J connectivity index is 2.12. The Morgan fingerprint density at radius 2 is 1.72 bits per heavy atom. The number of anilines is 3. The lowest BCUT2D eigenvalue weighted by Gasteiger charge is -2.24. The average molecular weight is 242 g/mol. The Morgan fingerprint density at radius 3 is 2.50 bits per heavy atom. The molecule has 92 valence electrons. The Kier molecular flexibility index (Phi) is 2.57. The maximum absolute atomic E-state index is 10.1. The molecule has 1 heterocycles. The summed E-state index contributed by atoms with van der Waals surface area (Å²) in [5, 5.41) is 13.2. The van der Waals surface area contributed by atoms with Gasteiger partial charge in [0.25, 0.3) is 0 Å². The minimum atomic E-state index is -0.779. The van der Waals surface area contributed by atoms with Gasteiger partial charge in [0.15, 0.2) is 0 Å². The molecule has 0 aromatic heterocycles. The summed E-state index contributed by atoms with van der Waals surface area (Å²) in [4.78, 5) is 1.81. The number of benzene rings is 2. The molecule has 2 aromatic carbocycles. The van der Waals surface area contributed by atoms with Crippen LogP contribution in [0.1, 0.15) is 0 Å². The van der Waals surface area contributed by atoms with E-state index in [9.17, 15) is 5.11 Å². The molecule has 0 amide bonds. The number of aliphatic hydroxyl groups excluding tert-OH is 1. The van der Waals surface area contributed by atoms with Crippen LogP contribution in [0.3, 0.4) is 0 Å². The summed E-state index contributed by atoms with van der Waals surface area (Å²) < 4.78 is 5.34. The van der Waals surface area contributed by atoms with Crippen molar-refractivity contribution in [3.05, 3.63) is 48.5 Å². The number of methoxy groups -OCH3 is 1. The summed E-state index contributed by atoms with van der Waals surface area (Å²) in [5.74, 6) is 0.732. The first-order chi connectivity index (χ1) is 8.81. The Morgan fingerprint density at radius 1 is 1.06 bits per heavy atom. The fourth-order valence-electron chi connectivity index (χ4n) is 2.23. The molecular formula is C14H14N2O2. The van der Waals surface area contributed by atoms with Crippen molar-refractivity contribution in [2.24, 2.45) is 0 Å². The van der Waals surface area contributed by atoms with Gasteiger partial charge in [-0.1, -0.05) is 24.3 Å². The van der Waals surface area contributed by atoms with Crippen LogP contribution in [0.15, 0.2) is 48.5 Å². The first kappa shape index (κ1) is 10.9. The van der Waals surface area contributed by atoms with E-state index in [1.807, 2.05) is 53.4 Å². The summed E-state index contributed by atoms with van der Waals surface area (Å²) >= 11 is 0. The molecule has 0 spiro atoms. The topological polar surface area (TPSA) is 44.7 Å². The number of hydrogen-bond donors (Lipinski definition) is 2. The molecule has 3 rings (SSSR count). The van der Waals surface area contributed by atoms with Crippen LogP contribution in [0.4, 0.5) is 17.1 Å². The second-order valence-corrected chi connectivity index (χ2v) is 4.08. The van der Waals surface area contributed by atoms with Crippen molar-refractivity contribution in [2.45, 2.75) is 6.35 Å². The second kappa shape index (κ2) is 4.23. The highest BCUT2D eigenvalue weighted by molar-refractivity contribution is 5.83. The standard InChI is InChI=1S/C14H14N2O2/c1-18-13-9-5-4-8-12(13)16-11-7-3-2-6-10(11)15-14(16)17/h2-9,14-15,17H,1H3. The van der Waals surface area contributed by atoms with Gasteiger partial charge < -0.3 is 15.2 Å². The first-order valence-corrected chi connectivity index (χ1v) is 5.77. The molecule has 0 fully saturated rings. The maximum Gasteiger partial charge on any atom is 0.209 e. The number of rotatable bonds is 2. The highest BCUT2D eigenvalue weighted by Crippen LogP contribution is 2.42. The van der Waals surface area contributed by atoms with Gasteiger partial charge in [-0.05, 0) is 24.3 Å². The van der Waals surface area contributed by atoms with Gasteiger partial charge in [-0.2, -0.15) is 0 Å². The molecular weight excluding hydrogens is 228 g/mol. The smallest absolute Gasteiger partial charge is 0.209 e. The van der Waals surface area contributed by atoms with E-state index in [2.05, 4.69) is 5.32 Å². The van der Waals surface area contributed by atoms with Gasteiger partial charge in [0.05, 0.1) is 24.2 Å². The second-order valence-electron chi connectivity index (χ2n) is 4.08. The lowest BCUT2D eigenvalue weighted by molar-refractivity contribution is 0.215. The molecule has 4 heteroatoms. The van der Waals surface area contributed by atoms with E-state index in [1.54, 1.807) is 7.11 Å². The van der Waals surface area contributed by atoms with E-state index >= 15 is 0 Å². The predicted molar refractivity (Wildman–Crippen MR) is 71.2 cm³/mol. The monoisotopic (exact) mass is 242 g/mol. The van der Waals surface area contributed by atoms with Crippen LogP contribution in [0.2, 0.25) is 0 Å². The van der Waals surface area contributed by atoms with Crippen LogP contribution in [0.5, 0.6) is 5.75 Å². The van der Waals surface area contributed by atoms with Crippen LogP contribution in [-0.4, -0.2) is 18.6 Å². The third-order valence-electron chi connectivity index (χ3n) is 3.04. The minimum Gasteiger partial charge on any atom is -0.495 e. The van der Waals surface area contributed by atoms with E-state index < -0.39 is 6.35 Å². The highest BCUT2D eigenvalue weighted by atomic mass is 16.5. The first-order valence-electron chi connectivity index (χ1n) is 5.77. The van der Waals surface area contributed by atoms with Crippen LogP contribution in [0.25, 0.3) is 0 Å². The molecule has 0 radical (unpaired) electrons. The van der Waals surface area contributed by atoms with Gasteiger partial charge >= 0.3 is 0 Å². The molecule has 1 aliphatic rings. The average Bonchev–Trinajstić information content (AvgIpc) is 2.74. The zero-order chi connectivity index (χ0) is 12.5. The molecule has 4 nitrogen and oxygen atoms in total. The van der Waals surface area contributed by atoms with Crippen molar-refractivity contribution in [2.75, 3.05) is 17.3 Å². The molecule has 0 bridgehead atoms. The predicted octanol–water partition coefficient (Wildman–Crippen LogP) is 2.53. The third-order valence-corrected chi connectivity index (χ3v) is 3.04. The van der Waals surface area contributed by atoms with E-state index in [4.69, 9.17) is 4.74 Å². The number of para-hydroxylation sites is 4. The number of fused-ring (bicyclic) bond motifs is 1. The van der Waals surface area contributed by atoms with Gasteiger partial charge in [0, 0.05) is 0 Å². The fourth-order valence-corrected chi connectivity index (χ4v) is 2.23. The third kappa shape index (κ3) is 1.58. The normalized spacial score (nSPS) is 17.2. The molecule has 1 atom stereocenters. The molecule has 18 heavy (non-hydrogen) atoms. The van der Waals surface area contributed by atoms with Crippen molar-refractivity contribution in [1.29, 1.82) is 0 Å². The Labute approximate surface area is 105 Å². The van der Waals surface area contributed by atoms with Crippen molar-refractivity contribution < 1.29 is 9.84 Å². The zero-order valence-corrected chi connectivity index (χ0v) is 10.00.